The molecule has 0 bridgehead atoms. The average molecular weight is 226 g/mol. The summed E-state index contributed by atoms with van der Waals surface area (Å²) in [7, 11) is 0. The van der Waals surface area contributed by atoms with E-state index in [2.05, 4.69) is 4.98 Å². The summed E-state index contributed by atoms with van der Waals surface area (Å²) >= 11 is 0. The van der Waals surface area contributed by atoms with Crippen molar-refractivity contribution in [2.75, 3.05) is 6.61 Å². The summed E-state index contributed by atoms with van der Waals surface area (Å²) in [6.45, 7) is 6.04. The molecule has 0 fully saturated rings. The van der Waals surface area contributed by atoms with E-state index in [1.807, 2.05) is 13.8 Å². The fourth-order valence-corrected chi connectivity index (χ4v) is 1.32. The zero-order valence-corrected chi connectivity index (χ0v) is 9.88. The van der Waals surface area contributed by atoms with Crippen LogP contribution in [0.4, 0.5) is 0 Å². The Labute approximate surface area is 94.7 Å². The highest BCUT2D eigenvalue weighted by atomic mass is 16.5. The second-order valence-corrected chi connectivity index (χ2v) is 4.03. The highest BCUT2D eigenvalue weighted by Gasteiger charge is 2.09. The lowest BCUT2D eigenvalue weighted by Gasteiger charge is -2.16. The van der Waals surface area contributed by atoms with Gasteiger partial charge in [-0.15, -0.1) is 0 Å². The van der Waals surface area contributed by atoms with E-state index in [4.69, 9.17) is 4.74 Å². The molecule has 1 aromatic heterocycles. The van der Waals surface area contributed by atoms with E-state index in [-0.39, 0.29) is 24.8 Å². The minimum Gasteiger partial charge on any atom is -0.389 e. The van der Waals surface area contributed by atoms with Gasteiger partial charge in [0.05, 0.1) is 31.6 Å². The van der Waals surface area contributed by atoms with E-state index >= 15 is 0 Å². The zero-order chi connectivity index (χ0) is 12.1. The molecule has 0 amide bonds. The van der Waals surface area contributed by atoms with Crippen molar-refractivity contribution in [1.29, 1.82) is 0 Å². The lowest BCUT2D eigenvalue weighted by atomic mass is 10.3. The standard InChI is InChI=1S/C11H18N2O3/c1-8(2)16-7-10(14)6-13-9(3)4-12-5-11(13)15/h4-5,8,10,14H,6-7H2,1-3H3/t10-/m0/s1. The first kappa shape index (κ1) is 12.9. The lowest BCUT2D eigenvalue weighted by Crippen LogP contribution is -2.31. The molecule has 0 aliphatic heterocycles. The number of aliphatic hydroxyl groups excluding tert-OH is 1. The van der Waals surface area contributed by atoms with Crippen LogP contribution in [0, 0.1) is 6.92 Å². The lowest BCUT2D eigenvalue weighted by molar-refractivity contribution is -0.00130. The molecular formula is C11H18N2O3. The Morgan fingerprint density at radius 3 is 2.75 bits per heavy atom. The normalized spacial score (nSPS) is 13.1. The third-order valence-electron chi connectivity index (χ3n) is 2.15. The topological polar surface area (TPSA) is 64.4 Å². The van der Waals surface area contributed by atoms with Crippen LogP contribution in [-0.4, -0.2) is 33.5 Å². The number of aromatic nitrogens is 2. The summed E-state index contributed by atoms with van der Waals surface area (Å²) in [6.07, 6.45) is 2.23. The van der Waals surface area contributed by atoms with Crippen LogP contribution in [0.3, 0.4) is 0 Å². The van der Waals surface area contributed by atoms with Gasteiger partial charge in [0.2, 0.25) is 0 Å². The van der Waals surface area contributed by atoms with E-state index < -0.39 is 6.10 Å². The number of hydrogen-bond acceptors (Lipinski definition) is 4. The van der Waals surface area contributed by atoms with Gasteiger partial charge < -0.3 is 14.4 Å². The molecule has 0 radical (unpaired) electrons. The second-order valence-electron chi connectivity index (χ2n) is 4.03. The van der Waals surface area contributed by atoms with Crippen LogP contribution >= 0.6 is 0 Å². The first-order valence-corrected chi connectivity index (χ1v) is 5.32. The SMILES string of the molecule is Cc1cncc(=O)n1C[C@H](O)COC(C)C. The van der Waals surface area contributed by atoms with Crippen molar-refractivity contribution in [3.63, 3.8) is 0 Å². The number of hydrogen-bond donors (Lipinski definition) is 1. The molecule has 90 valence electrons. The Morgan fingerprint density at radius 1 is 1.50 bits per heavy atom. The Balaban J connectivity index is 2.62. The quantitative estimate of drug-likeness (QED) is 0.786. The van der Waals surface area contributed by atoms with Gasteiger partial charge in [0, 0.05) is 11.9 Å². The maximum Gasteiger partial charge on any atom is 0.269 e. The highest BCUT2D eigenvalue weighted by molar-refractivity contribution is 4.95. The molecule has 1 heterocycles. The van der Waals surface area contributed by atoms with Gasteiger partial charge in [0.25, 0.3) is 5.56 Å². The molecule has 1 atom stereocenters. The maximum atomic E-state index is 11.5. The minimum absolute atomic E-state index is 0.0740. The molecule has 16 heavy (non-hydrogen) atoms. The van der Waals surface area contributed by atoms with Crippen molar-refractivity contribution in [3.05, 3.63) is 28.4 Å². The van der Waals surface area contributed by atoms with Crippen LogP contribution in [0.5, 0.6) is 0 Å². The van der Waals surface area contributed by atoms with E-state index in [1.54, 1.807) is 13.1 Å². The van der Waals surface area contributed by atoms with Gasteiger partial charge in [0.1, 0.15) is 0 Å². The summed E-state index contributed by atoms with van der Waals surface area (Å²) in [6, 6.07) is 0. The second kappa shape index (κ2) is 5.77. The molecule has 0 aromatic carbocycles. The summed E-state index contributed by atoms with van der Waals surface area (Å²) in [4.78, 5) is 15.2. The van der Waals surface area contributed by atoms with Gasteiger partial charge in [-0.25, -0.2) is 0 Å². The predicted octanol–water partition coefficient (Wildman–Crippen LogP) is 0.338. The first-order chi connectivity index (χ1) is 7.50. The van der Waals surface area contributed by atoms with Crippen molar-refractivity contribution < 1.29 is 9.84 Å². The van der Waals surface area contributed by atoms with Crippen molar-refractivity contribution >= 4 is 0 Å². The molecule has 0 aliphatic carbocycles. The molecule has 5 heteroatoms. The molecule has 0 spiro atoms. The molecule has 0 unspecified atom stereocenters. The summed E-state index contributed by atoms with van der Waals surface area (Å²) in [5.74, 6) is 0. The Bertz CT molecular complexity index is 387. The van der Waals surface area contributed by atoms with E-state index in [0.717, 1.165) is 5.69 Å². The molecule has 1 rings (SSSR count). The van der Waals surface area contributed by atoms with Crippen LogP contribution in [0.2, 0.25) is 0 Å². The Hall–Kier alpha value is -1.20. The number of ether oxygens (including phenoxy) is 1. The van der Waals surface area contributed by atoms with Gasteiger partial charge in [-0.05, 0) is 20.8 Å². The van der Waals surface area contributed by atoms with E-state index in [9.17, 15) is 9.90 Å². The summed E-state index contributed by atoms with van der Waals surface area (Å²) < 4.78 is 6.76. The largest absolute Gasteiger partial charge is 0.389 e. The van der Waals surface area contributed by atoms with Gasteiger partial charge in [0.15, 0.2) is 0 Å². The summed E-state index contributed by atoms with van der Waals surface area (Å²) in [5, 5.41) is 9.70. The van der Waals surface area contributed by atoms with Crippen LogP contribution in [0.15, 0.2) is 17.2 Å². The average Bonchev–Trinajstić information content (AvgIpc) is 2.21. The van der Waals surface area contributed by atoms with Gasteiger partial charge in [-0.2, -0.15) is 0 Å². The minimum atomic E-state index is -0.679. The molecule has 0 saturated heterocycles. The molecule has 0 aliphatic rings. The number of aliphatic hydroxyl groups is 1. The van der Waals surface area contributed by atoms with E-state index in [0.29, 0.717) is 0 Å². The smallest absolute Gasteiger partial charge is 0.269 e. The van der Waals surface area contributed by atoms with Crippen molar-refractivity contribution in [3.8, 4) is 0 Å². The molecule has 1 N–H and O–H groups in total. The van der Waals surface area contributed by atoms with Crippen LogP contribution in [0.1, 0.15) is 19.5 Å². The van der Waals surface area contributed by atoms with E-state index in [1.165, 1.54) is 10.8 Å². The van der Waals surface area contributed by atoms with Crippen LogP contribution in [-0.2, 0) is 11.3 Å². The third-order valence-corrected chi connectivity index (χ3v) is 2.15. The van der Waals surface area contributed by atoms with Gasteiger partial charge >= 0.3 is 0 Å². The maximum absolute atomic E-state index is 11.5. The first-order valence-electron chi connectivity index (χ1n) is 5.32. The monoisotopic (exact) mass is 226 g/mol. The van der Waals surface area contributed by atoms with Crippen molar-refractivity contribution in [2.45, 2.75) is 39.5 Å². The van der Waals surface area contributed by atoms with Crippen molar-refractivity contribution in [1.82, 2.24) is 9.55 Å². The van der Waals surface area contributed by atoms with Gasteiger partial charge in [-0.1, -0.05) is 0 Å². The Kier molecular flexibility index (Phi) is 4.64. The molecule has 1 aromatic rings. The zero-order valence-electron chi connectivity index (χ0n) is 9.88. The Morgan fingerprint density at radius 2 is 2.19 bits per heavy atom. The third kappa shape index (κ3) is 3.75. The van der Waals surface area contributed by atoms with Crippen LogP contribution in [0.25, 0.3) is 0 Å². The number of aryl methyl sites for hydroxylation is 1. The van der Waals surface area contributed by atoms with Crippen LogP contribution < -0.4 is 5.56 Å². The molecule has 5 nitrogen and oxygen atoms in total. The molecule has 0 saturated carbocycles. The highest BCUT2D eigenvalue weighted by Crippen LogP contribution is 1.97. The predicted molar refractivity (Wildman–Crippen MR) is 60.3 cm³/mol. The fraction of sp³-hybridized carbons (Fsp3) is 0.636. The number of nitrogens with zero attached hydrogens (tertiary/aromatic N) is 2. The fourth-order valence-electron chi connectivity index (χ4n) is 1.32. The molecular weight excluding hydrogens is 208 g/mol. The van der Waals surface area contributed by atoms with Gasteiger partial charge in [-0.3, -0.25) is 9.78 Å². The number of rotatable bonds is 5. The van der Waals surface area contributed by atoms with Crippen molar-refractivity contribution in [2.24, 2.45) is 0 Å². The summed E-state index contributed by atoms with van der Waals surface area (Å²) in [5.41, 5.74) is 0.527.